The minimum atomic E-state index is -0.105. The smallest absolute Gasteiger partial charge is 0.256 e. The number of carbonyl (C=O) groups excluding carboxylic acids is 1. The molecule has 1 heterocycles. The monoisotopic (exact) mass is 338 g/mol. The van der Waals surface area contributed by atoms with Gasteiger partial charge in [-0.1, -0.05) is 12.1 Å². The van der Waals surface area contributed by atoms with Gasteiger partial charge in [-0.3, -0.25) is 9.78 Å². The van der Waals surface area contributed by atoms with Crippen LogP contribution in [0.5, 0.6) is 0 Å². The summed E-state index contributed by atoms with van der Waals surface area (Å²) in [5.74, 6) is -0.105. The van der Waals surface area contributed by atoms with Crippen molar-refractivity contribution in [3.63, 3.8) is 0 Å². The first-order valence-corrected chi connectivity index (χ1v) is 6.24. The number of aryl methyl sites for hydroxylation is 1. The quantitative estimate of drug-likeness (QED) is 0.854. The molecule has 17 heavy (non-hydrogen) atoms. The van der Waals surface area contributed by atoms with E-state index in [4.69, 9.17) is 0 Å². The zero-order chi connectivity index (χ0) is 12.3. The Balaban J connectivity index is 2.24. The summed E-state index contributed by atoms with van der Waals surface area (Å²) in [6, 6.07) is 11.1. The highest BCUT2D eigenvalue weighted by atomic mass is 127. The van der Waals surface area contributed by atoms with E-state index < -0.39 is 0 Å². The number of hydrogen-bond donors (Lipinski definition) is 1. The largest absolute Gasteiger partial charge is 0.320 e. The third kappa shape index (κ3) is 2.82. The molecule has 0 bridgehead atoms. The average Bonchev–Trinajstić information content (AvgIpc) is 2.32. The molecule has 0 fully saturated rings. The molecule has 0 unspecified atom stereocenters. The molecule has 0 saturated carbocycles. The van der Waals surface area contributed by atoms with Crippen LogP contribution < -0.4 is 5.32 Å². The number of rotatable bonds is 2. The molecule has 0 saturated heterocycles. The van der Waals surface area contributed by atoms with Gasteiger partial charge in [0, 0.05) is 9.77 Å². The van der Waals surface area contributed by atoms with E-state index in [0.717, 1.165) is 15.0 Å². The second-order valence-electron chi connectivity index (χ2n) is 3.57. The van der Waals surface area contributed by atoms with Crippen molar-refractivity contribution < 1.29 is 4.79 Å². The molecule has 0 aliphatic carbocycles. The topological polar surface area (TPSA) is 42.0 Å². The van der Waals surface area contributed by atoms with Gasteiger partial charge in [0.15, 0.2) is 0 Å². The second-order valence-corrected chi connectivity index (χ2v) is 4.73. The van der Waals surface area contributed by atoms with E-state index in [0.29, 0.717) is 5.56 Å². The molecular weight excluding hydrogens is 327 g/mol. The van der Waals surface area contributed by atoms with Crippen molar-refractivity contribution in [1.82, 2.24) is 4.98 Å². The fourth-order valence-electron chi connectivity index (χ4n) is 1.45. The summed E-state index contributed by atoms with van der Waals surface area (Å²) in [6.07, 6.45) is 1.71. The van der Waals surface area contributed by atoms with Crippen LogP contribution in [0.3, 0.4) is 0 Å². The van der Waals surface area contributed by atoms with Gasteiger partial charge in [0.2, 0.25) is 0 Å². The molecule has 0 spiro atoms. The maximum Gasteiger partial charge on any atom is 0.256 e. The van der Waals surface area contributed by atoms with Gasteiger partial charge < -0.3 is 5.32 Å². The Hall–Kier alpha value is -1.43. The first-order valence-electron chi connectivity index (χ1n) is 5.16. The number of nitrogens with one attached hydrogen (secondary N) is 1. The second kappa shape index (κ2) is 5.27. The van der Waals surface area contributed by atoms with Crippen LogP contribution in [0.4, 0.5) is 5.69 Å². The van der Waals surface area contributed by atoms with E-state index in [1.807, 2.05) is 37.3 Å². The van der Waals surface area contributed by atoms with Crippen LogP contribution in [0.15, 0.2) is 42.6 Å². The third-order valence-corrected chi connectivity index (χ3v) is 3.31. The van der Waals surface area contributed by atoms with Crippen molar-refractivity contribution in [2.75, 3.05) is 5.32 Å². The van der Waals surface area contributed by atoms with Crippen LogP contribution in [-0.4, -0.2) is 10.9 Å². The summed E-state index contributed by atoms with van der Waals surface area (Å²) in [5, 5.41) is 2.86. The minimum Gasteiger partial charge on any atom is -0.320 e. The molecule has 2 aromatic rings. The number of hydrogen-bond acceptors (Lipinski definition) is 2. The highest BCUT2D eigenvalue weighted by Crippen LogP contribution is 2.15. The molecule has 1 amide bonds. The van der Waals surface area contributed by atoms with E-state index in [-0.39, 0.29) is 5.91 Å². The van der Waals surface area contributed by atoms with Crippen molar-refractivity contribution >= 4 is 34.2 Å². The molecule has 2 rings (SSSR count). The van der Waals surface area contributed by atoms with Gasteiger partial charge in [-0.05, 0) is 53.8 Å². The standard InChI is InChI=1S/C13H11IN2O/c1-9-12(7-4-8-15-9)16-13(17)10-5-2-3-6-11(10)14/h2-8H,1H3,(H,16,17). The molecule has 0 radical (unpaired) electrons. The Morgan fingerprint density at radius 1 is 1.24 bits per heavy atom. The third-order valence-electron chi connectivity index (χ3n) is 2.37. The number of nitrogens with zero attached hydrogens (tertiary/aromatic N) is 1. The van der Waals surface area contributed by atoms with Crippen molar-refractivity contribution in [1.29, 1.82) is 0 Å². The molecule has 0 aliphatic heterocycles. The van der Waals surface area contributed by atoms with Crippen LogP contribution in [0.25, 0.3) is 0 Å². The highest BCUT2D eigenvalue weighted by Gasteiger charge is 2.10. The van der Waals surface area contributed by atoms with Gasteiger partial charge in [-0.25, -0.2) is 0 Å². The Morgan fingerprint density at radius 3 is 2.71 bits per heavy atom. The Morgan fingerprint density at radius 2 is 2.00 bits per heavy atom. The number of halogens is 1. The number of pyridine rings is 1. The Bertz CT molecular complexity index is 555. The van der Waals surface area contributed by atoms with E-state index in [1.54, 1.807) is 12.3 Å². The molecule has 1 N–H and O–H groups in total. The molecule has 1 aromatic heterocycles. The van der Waals surface area contributed by atoms with E-state index in [9.17, 15) is 4.79 Å². The minimum absolute atomic E-state index is 0.105. The average molecular weight is 338 g/mol. The summed E-state index contributed by atoms with van der Waals surface area (Å²) < 4.78 is 0.934. The first kappa shape index (κ1) is 12.0. The molecule has 0 aliphatic rings. The van der Waals surface area contributed by atoms with Crippen LogP contribution in [0.1, 0.15) is 16.1 Å². The maximum absolute atomic E-state index is 12.0. The zero-order valence-electron chi connectivity index (χ0n) is 9.27. The number of benzene rings is 1. The summed E-state index contributed by atoms with van der Waals surface area (Å²) in [6.45, 7) is 1.87. The fraction of sp³-hybridized carbons (Fsp3) is 0.0769. The van der Waals surface area contributed by atoms with Gasteiger partial charge >= 0.3 is 0 Å². The van der Waals surface area contributed by atoms with Gasteiger partial charge in [0.05, 0.1) is 16.9 Å². The SMILES string of the molecule is Cc1ncccc1NC(=O)c1ccccc1I. The number of anilines is 1. The van der Waals surface area contributed by atoms with Crippen molar-refractivity contribution in [2.45, 2.75) is 6.92 Å². The molecule has 3 nitrogen and oxygen atoms in total. The highest BCUT2D eigenvalue weighted by molar-refractivity contribution is 14.1. The number of amides is 1. The predicted molar refractivity (Wildman–Crippen MR) is 76.1 cm³/mol. The summed E-state index contributed by atoms with van der Waals surface area (Å²) in [4.78, 5) is 16.2. The van der Waals surface area contributed by atoms with E-state index >= 15 is 0 Å². The Kier molecular flexibility index (Phi) is 3.73. The lowest BCUT2D eigenvalue weighted by Crippen LogP contribution is -2.14. The van der Waals surface area contributed by atoms with E-state index in [1.165, 1.54) is 0 Å². The van der Waals surface area contributed by atoms with Gasteiger partial charge in [0.1, 0.15) is 0 Å². The van der Waals surface area contributed by atoms with Crippen LogP contribution in [0, 0.1) is 10.5 Å². The molecule has 1 aromatic carbocycles. The summed E-state index contributed by atoms with van der Waals surface area (Å²) in [5.41, 5.74) is 2.24. The maximum atomic E-state index is 12.0. The van der Waals surface area contributed by atoms with Crippen molar-refractivity contribution in [3.8, 4) is 0 Å². The number of aromatic nitrogens is 1. The molecular formula is C13H11IN2O. The van der Waals surface area contributed by atoms with Crippen molar-refractivity contribution in [3.05, 3.63) is 57.4 Å². The normalized spacial score (nSPS) is 10.0. The summed E-state index contributed by atoms with van der Waals surface area (Å²) >= 11 is 2.15. The lowest BCUT2D eigenvalue weighted by molar-refractivity contribution is 0.102. The van der Waals surface area contributed by atoms with Crippen LogP contribution in [0.2, 0.25) is 0 Å². The van der Waals surface area contributed by atoms with Gasteiger partial charge in [0.25, 0.3) is 5.91 Å². The van der Waals surface area contributed by atoms with Gasteiger partial charge in [-0.2, -0.15) is 0 Å². The first-order chi connectivity index (χ1) is 8.18. The van der Waals surface area contributed by atoms with Crippen LogP contribution >= 0.6 is 22.6 Å². The molecule has 86 valence electrons. The van der Waals surface area contributed by atoms with Crippen LogP contribution in [-0.2, 0) is 0 Å². The lowest BCUT2D eigenvalue weighted by Gasteiger charge is -2.08. The predicted octanol–water partition coefficient (Wildman–Crippen LogP) is 3.25. The van der Waals surface area contributed by atoms with Gasteiger partial charge in [-0.15, -0.1) is 0 Å². The fourth-order valence-corrected chi connectivity index (χ4v) is 2.08. The molecule has 4 heteroatoms. The van der Waals surface area contributed by atoms with E-state index in [2.05, 4.69) is 32.9 Å². The van der Waals surface area contributed by atoms with Crippen molar-refractivity contribution in [2.24, 2.45) is 0 Å². The summed E-state index contributed by atoms with van der Waals surface area (Å²) in [7, 11) is 0. The Labute approximate surface area is 113 Å². The zero-order valence-corrected chi connectivity index (χ0v) is 11.4. The number of carbonyl (C=O) groups is 1. The molecule has 0 atom stereocenters. The lowest BCUT2D eigenvalue weighted by atomic mass is 10.2.